The van der Waals surface area contributed by atoms with E-state index >= 15 is 0 Å². The lowest BCUT2D eigenvalue weighted by Gasteiger charge is -2.05. The molecule has 0 heterocycles. The van der Waals surface area contributed by atoms with E-state index in [0.717, 1.165) is 22.8 Å². The molecular weight excluding hydrogens is 294 g/mol. The lowest BCUT2D eigenvalue weighted by atomic mass is 10.2. The second kappa shape index (κ2) is 8.16. The molecule has 0 aliphatic carbocycles. The zero-order valence-corrected chi connectivity index (χ0v) is 13.2. The third-order valence-corrected chi connectivity index (χ3v) is 3.55. The van der Waals surface area contributed by atoms with Gasteiger partial charge in [-0.15, -0.1) is 0 Å². The first-order valence-corrected chi connectivity index (χ1v) is 7.88. The molecule has 0 saturated carbocycles. The van der Waals surface area contributed by atoms with Crippen molar-refractivity contribution in [3.05, 3.63) is 54.1 Å². The minimum Gasteiger partial charge on any atom is -0.457 e. The molecule has 0 radical (unpaired) electrons. The SMILES string of the molecule is CC(=O)SCCC#Cc1ccc(Oc2ccc(N)cc2)cc1. The van der Waals surface area contributed by atoms with Crippen LogP contribution in [0.3, 0.4) is 0 Å². The Bertz CT molecular complexity index is 682. The number of nitrogen functional groups attached to an aromatic ring is 1. The molecule has 2 rings (SSSR count). The lowest BCUT2D eigenvalue weighted by molar-refractivity contribution is -0.109. The van der Waals surface area contributed by atoms with E-state index in [4.69, 9.17) is 10.5 Å². The molecule has 0 aliphatic rings. The van der Waals surface area contributed by atoms with E-state index in [9.17, 15) is 4.79 Å². The van der Waals surface area contributed by atoms with E-state index in [1.165, 1.54) is 11.8 Å². The summed E-state index contributed by atoms with van der Waals surface area (Å²) >= 11 is 1.30. The fourth-order valence-electron chi connectivity index (χ4n) is 1.69. The summed E-state index contributed by atoms with van der Waals surface area (Å²) < 4.78 is 5.71. The maximum Gasteiger partial charge on any atom is 0.185 e. The van der Waals surface area contributed by atoms with Crippen molar-refractivity contribution in [3.63, 3.8) is 0 Å². The molecule has 0 amide bonds. The van der Waals surface area contributed by atoms with Crippen LogP contribution in [0.1, 0.15) is 18.9 Å². The molecule has 0 aromatic heterocycles. The number of ether oxygens (including phenoxy) is 1. The van der Waals surface area contributed by atoms with Crippen LogP contribution in [0.2, 0.25) is 0 Å². The summed E-state index contributed by atoms with van der Waals surface area (Å²) in [5, 5.41) is 0.131. The van der Waals surface area contributed by atoms with E-state index in [0.29, 0.717) is 12.1 Å². The van der Waals surface area contributed by atoms with Gasteiger partial charge in [0.1, 0.15) is 11.5 Å². The standard InChI is InChI=1S/C18H17NO2S/c1-14(20)22-13-3-2-4-15-5-9-17(10-6-15)21-18-11-7-16(19)8-12-18/h5-12H,3,13,19H2,1H3. The van der Waals surface area contributed by atoms with E-state index in [-0.39, 0.29) is 5.12 Å². The van der Waals surface area contributed by atoms with Gasteiger partial charge in [-0.2, -0.15) is 0 Å². The normalized spacial score (nSPS) is 9.68. The van der Waals surface area contributed by atoms with Crippen LogP contribution >= 0.6 is 11.8 Å². The zero-order chi connectivity index (χ0) is 15.8. The first-order chi connectivity index (χ1) is 10.6. The fraction of sp³-hybridized carbons (Fsp3) is 0.167. The summed E-state index contributed by atoms with van der Waals surface area (Å²) in [4.78, 5) is 10.8. The second-order valence-electron chi connectivity index (χ2n) is 4.59. The van der Waals surface area contributed by atoms with Crippen molar-refractivity contribution < 1.29 is 9.53 Å². The van der Waals surface area contributed by atoms with Gasteiger partial charge in [0.2, 0.25) is 0 Å². The Hall–Kier alpha value is -2.38. The molecule has 2 aromatic carbocycles. The van der Waals surface area contributed by atoms with E-state index < -0.39 is 0 Å². The third kappa shape index (κ3) is 5.55. The summed E-state index contributed by atoms with van der Waals surface area (Å²) in [6.07, 6.45) is 0.702. The minimum atomic E-state index is 0.131. The average Bonchev–Trinajstić information content (AvgIpc) is 2.50. The number of nitrogens with two attached hydrogens (primary N) is 1. The number of hydrogen-bond donors (Lipinski definition) is 1. The maximum absolute atomic E-state index is 10.8. The van der Waals surface area contributed by atoms with Gasteiger partial charge >= 0.3 is 0 Å². The molecule has 2 aromatic rings. The number of thioether (sulfide) groups is 1. The van der Waals surface area contributed by atoms with Gasteiger partial charge in [-0.25, -0.2) is 0 Å². The number of anilines is 1. The van der Waals surface area contributed by atoms with Crippen molar-refractivity contribution in [3.8, 4) is 23.3 Å². The monoisotopic (exact) mass is 311 g/mol. The largest absolute Gasteiger partial charge is 0.457 e. The molecular formula is C18H17NO2S. The molecule has 112 valence electrons. The highest BCUT2D eigenvalue weighted by Gasteiger charge is 1.97. The Labute approximate surface area is 134 Å². The average molecular weight is 311 g/mol. The Morgan fingerprint density at radius 2 is 1.68 bits per heavy atom. The first-order valence-electron chi connectivity index (χ1n) is 6.89. The molecule has 0 atom stereocenters. The number of carbonyl (C=O) groups excluding carboxylic acids is 1. The molecule has 2 N–H and O–H groups in total. The summed E-state index contributed by atoms with van der Waals surface area (Å²) in [5.74, 6) is 8.36. The van der Waals surface area contributed by atoms with Crippen molar-refractivity contribution in [2.75, 3.05) is 11.5 Å². The van der Waals surface area contributed by atoms with Crippen LogP contribution in [0.15, 0.2) is 48.5 Å². The predicted octanol–water partition coefficient (Wildman–Crippen LogP) is 4.08. The van der Waals surface area contributed by atoms with E-state index in [1.54, 1.807) is 19.1 Å². The van der Waals surface area contributed by atoms with Crippen molar-refractivity contribution in [2.45, 2.75) is 13.3 Å². The minimum absolute atomic E-state index is 0.131. The van der Waals surface area contributed by atoms with Crippen LogP contribution in [-0.2, 0) is 4.79 Å². The number of benzene rings is 2. The van der Waals surface area contributed by atoms with Gasteiger partial charge in [0.15, 0.2) is 5.12 Å². The Balaban J connectivity index is 1.89. The van der Waals surface area contributed by atoms with Crippen LogP contribution in [0.5, 0.6) is 11.5 Å². The Morgan fingerprint density at radius 1 is 1.09 bits per heavy atom. The highest BCUT2D eigenvalue weighted by Crippen LogP contribution is 2.22. The maximum atomic E-state index is 10.8. The smallest absolute Gasteiger partial charge is 0.185 e. The molecule has 0 saturated heterocycles. The summed E-state index contributed by atoms with van der Waals surface area (Å²) in [5.41, 5.74) is 7.27. The number of hydrogen-bond acceptors (Lipinski definition) is 4. The number of carbonyl (C=O) groups is 1. The molecule has 3 nitrogen and oxygen atoms in total. The van der Waals surface area contributed by atoms with Gasteiger partial charge in [-0.3, -0.25) is 4.79 Å². The van der Waals surface area contributed by atoms with Crippen molar-refractivity contribution in [2.24, 2.45) is 0 Å². The third-order valence-electron chi connectivity index (χ3n) is 2.74. The summed E-state index contributed by atoms with van der Waals surface area (Å²) in [7, 11) is 0. The van der Waals surface area contributed by atoms with Crippen LogP contribution in [-0.4, -0.2) is 10.9 Å². The van der Waals surface area contributed by atoms with Gasteiger partial charge in [0.05, 0.1) is 0 Å². The zero-order valence-electron chi connectivity index (χ0n) is 12.3. The van der Waals surface area contributed by atoms with Crippen molar-refractivity contribution >= 4 is 22.6 Å². The predicted molar refractivity (Wildman–Crippen MR) is 92.0 cm³/mol. The van der Waals surface area contributed by atoms with Crippen molar-refractivity contribution in [1.29, 1.82) is 0 Å². The molecule has 0 spiro atoms. The highest BCUT2D eigenvalue weighted by molar-refractivity contribution is 8.13. The van der Waals surface area contributed by atoms with Crippen LogP contribution < -0.4 is 10.5 Å². The van der Waals surface area contributed by atoms with Crippen LogP contribution in [0.25, 0.3) is 0 Å². The highest BCUT2D eigenvalue weighted by atomic mass is 32.2. The molecule has 4 heteroatoms. The van der Waals surface area contributed by atoms with E-state index in [2.05, 4.69) is 11.8 Å². The molecule has 0 bridgehead atoms. The summed E-state index contributed by atoms with van der Waals surface area (Å²) in [6.45, 7) is 1.57. The van der Waals surface area contributed by atoms with Gasteiger partial charge in [-0.1, -0.05) is 23.6 Å². The lowest BCUT2D eigenvalue weighted by Crippen LogP contribution is -1.87. The quantitative estimate of drug-likeness (QED) is 0.525. The molecule has 0 fully saturated rings. The fourth-order valence-corrected chi connectivity index (χ4v) is 2.18. The first kappa shape index (κ1) is 16.0. The topological polar surface area (TPSA) is 52.3 Å². The van der Waals surface area contributed by atoms with Crippen LogP contribution in [0.4, 0.5) is 5.69 Å². The van der Waals surface area contributed by atoms with Crippen molar-refractivity contribution in [1.82, 2.24) is 0 Å². The van der Waals surface area contributed by atoms with Gasteiger partial charge in [0.25, 0.3) is 0 Å². The molecule has 22 heavy (non-hydrogen) atoms. The van der Waals surface area contributed by atoms with Crippen LogP contribution in [0, 0.1) is 11.8 Å². The molecule has 0 unspecified atom stereocenters. The number of rotatable bonds is 4. The second-order valence-corrected chi connectivity index (χ2v) is 5.86. The van der Waals surface area contributed by atoms with Gasteiger partial charge < -0.3 is 10.5 Å². The van der Waals surface area contributed by atoms with E-state index in [1.807, 2.05) is 36.4 Å². The van der Waals surface area contributed by atoms with Gasteiger partial charge in [-0.05, 0) is 48.5 Å². The molecule has 0 aliphatic heterocycles. The Morgan fingerprint density at radius 3 is 2.27 bits per heavy atom. The van der Waals surface area contributed by atoms with Gasteiger partial charge in [0, 0.05) is 30.3 Å². The summed E-state index contributed by atoms with van der Waals surface area (Å²) in [6, 6.07) is 14.8. The Kier molecular flexibility index (Phi) is 5.93.